The normalized spacial score (nSPS) is 12.2. The van der Waals surface area contributed by atoms with Crippen molar-refractivity contribution < 1.29 is 23.1 Å². The van der Waals surface area contributed by atoms with Crippen molar-refractivity contribution in [3.63, 3.8) is 0 Å². The highest BCUT2D eigenvalue weighted by Gasteiger charge is 2.36. The Labute approximate surface area is 124 Å². The van der Waals surface area contributed by atoms with Crippen molar-refractivity contribution in [2.45, 2.75) is 53.8 Å². The summed E-state index contributed by atoms with van der Waals surface area (Å²) in [5.41, 5.74) is 0.692. The lowest BCUT2D eigenvalue weighted by atomic mass is 10.3. The first kappa shape index (κ1) is 17.9. The highest BCUT2D eigenvalue weighted by atomic mass is 31.2. The first-order chi connectivity index (χ1) is 9.71. The van der Waals surface area contributed by atoms with Gasteiger partial charge in [-0.05, 0) is 41.5 Å². The summed E-state index contributed by atoms with van der Waals surface area (Å²) in [4.78, 5) is 11.8. The number of carbonyl (C=O) groups excluding carboxylic acids is 1. The molecule has 7 nitrogen and oxygen atoms in total. The molecule has 1 aromatic heterocycles. The van der Waals surface area contributed by atoms with Gasteiger partial charge >= 0.3 is 13.6 Å². The van der Waals surface area contributed by atoms with E-state index in [1.54, 1.807) is 41.5 Å². The third-order valence-corrected chi connectivity index (χ3v) is 4.81. The molecule has 0 aromatic carbocycles. The third kappa shape index (κ3) is 4.40. The van der Waals surface area contributed by atoms with Crippen LogP contribution in [0.25, 0.3) is 0 Å². The van der Waals surface area contributed by atoms with Crippen molar-refractivity contribution in [1.82, 2.24) is 10.2 Å². The van der Waals surface area contributed by atoms with E-state index in [2.05, 4.69) is 10.2 Å². The minimum absolute atomic E-state index is 0.0896. The number of carbonyl (C=O) groups is 1. The molecule has 1 aromatic rings. The third-order valence-electron chi connectivity index (χ3n) is 2.43. The Bertz CT molecular complexity index is 525. The molecular formula is C13H23N2O5P. The fourth-order valence-corrected chi connectivity index (χ4v) is 3.80. The number of hydrogen-bond acceptors (Lipinski definition) is 6. The molecule has 21 heavy (non-hydrogen) atoms. The minimum Gasteiger partial charge on any atom is -0.461 e. The Morgan fingerprint density at radius 2 is 1.76 bits per heavy atom. The van der Waals surface area contributed by atoms with Crippen molar-refractivity contribution in [2.75, 3.05) is 6.61 Å². The predicted octanol–water partition coefficient (Wildman–Crippen LogP) is 2.56. The van der Waals surface area contributed by atoms with Gasteiger partial charge in [0.05, 0.1) is 18.8 Å². The smallest absolute Gasteiger partial charge is 0.379 e. The van der Waals surface area contributed by atoms with Crippen LogP contribution in [0.2, 0.25) is 0 Å². The Kier molecular flexibility index (Phi) is 6.13. The summed E-state index contributed by atoms with van der Waals surface area (Å²) in [5.74, 6) is -0.571. The van der Waals surface area contributed by atoms with Gasteiger partial charge in [0.2, 0.25) is 0 Å². The molecule has 1 N–H and O–H groups in total. The summed E-state index contributed by atoms with van der Waals surface area (Å²) in [6.45, 7) is 10.6. The topological polar surface area (TPSA) is 90.5 Å². The van der Waals surface area contributed by atoms with Crippen LogP contribution in [-0.2, 0) is 18.3 Å². The van der Waals surface area contributed by atoms with Crippen LogP contribution in [0.4, 0.5) is 0 Å². The van der Waals surface area contributed by atoms with E-state index in [9.17, 15) is 9.36 Å². The standard InChI is InChI=1S/C13H23N2O5P/c1-7-18-13(16)11-10(6)12(15-14-11)21(17,19-8(2)3)20-9(4)5/h8-9H,7H2,1-6H3,(H,14,15). The van der Waals surface area contributed by atoms with Crippen LogP contribution in [0, 0.1) is 6.92 Å². The molecule has 0 aliphatic rings. The number of aromatic amines is 1. The van der Waals surface area contributed by atoms with Crippen molar-refractivity contribution in [1.29, 1.82) is 0 Å². The average Bonchev–Trinajstić information content (AvgIpc) is 2.69. The van der Waals surface area contributed by atoms with Crippen LogP contribution in [-0.4, -0.2) is 35.0 Å². The predicted molar refractivity (Wildman–Crippen MR) is 79.0 cm³/mol. The zero-order chi connectivity index (χ0) is 16.2. The van der Waals surface area contributed by atoms with E-state index in [4.69, 9.17) is 13.8 Å². The highest BCUT2D eigenvalue weighted by Crippen LogP contribution is 2.49. The average molecular weight is 318 g/mol. The fourth-order valence-electron chi connectivity index (χ4n) is 1.74. The van der Waals surface area contributed by atoms with Gasteiger partial charge in [0, 0.05) is 5.56 Å². The lowest BCUT2D eigenvalue weighted by Gasteiger charge is -2.22. The van der Waals surface area contributed by atoms with Crippen LogP contribution in [0.3, 0.4) is 0 Å². The summed E-state index contributed by atoms with van der Waals surface area (Å²) in [6, 6.07) is 0. The van der Waals surface area contributed by atoms with Crippen LogP contribution < -0.4 is 5.44 Å². The highest BCUT2D eigenvalue weighted by molar-refractivity contribution is 7.62. The number of nitrogens with zero attached hydrogens (tertiary/aromatic N) is 1. The Balaban J connectivity index is 3.21. The number of esters is 1. The second-order valence-corrected chi connectivity index (χ2v) is 6.94. The largest absolute Gasteiger partial charge is 0.461 e. The maximum absolute atomic E-state index is 13.0. The summed E-state index contributed by atoms with van der Waals surface area (Å²) in [7, 11) is -3.59. The molecule has 8 heteroatoms. The van der Waals surface area contributed by atoms with E-state index in [1.807, 2.05) is 0 Å². The summed E-state index contributed by atoms with van der Waals surface area (Å²) in [5, 5.41) is 6.48. The Morgan fingerprint density at radius 3 is 2.19 bits per heavy atom. The maximum Gasteiger partial charge on any atom is 0.379 e. The molecule has 0 aliphatic carbocycles. The van der Waals surface area contributed by atoms with Crippen molar-refractivity contribution in [2.24, 2.45) is 0 Å². The number of aromatic nitrogens is 2. The molecule has 0 unspecified atom stereocenters. The number of H-pyrrole nitrogens is 1. The zero-order valence-electron chi connectivity index (χ0n) is 13.3. The molecule has 0 atom stereocenters. The molecule has 0 saturated heterocycles. The Hall–Kier alpha value is -1.17. The molecule has 0 spiro atoms. The van der Waals surface area contributed by atoms with E-state index in [1.165, 1.54) is 0 Å². The number of nitrogens with one attached hydrogen (secondary N) is 1. The summed E-state index contributed by atoms with van der Waals surface area (Å²) in [6.07, 6.45) is -0.605. The molecule has 1 heterocycles. The second-order valence-electron chi connectivity index (χ2n) is 5.07. The SMILES string of the molecule is CCOC(=O)c1n[nH]c(P(=O)(OC(C)C)OC(C)C)c1C. The summed E-state index contributed by atoms with van der Waals surface area (Å²) < 4.78 is 28.8. The van der Waals surface area contributed by atoms with Gasteiger partial charge in [0.25, 0.3) is 0 Å². The van der Waals surface area contributed by atoms with Gasteiger partial charge in [-0.3, -0.25) is 9.66 Å². The lowest BCUT2D eigenvalue weighted by molar-refractivity contribution is 0.0518. The van der Waals surface area contributed by atoms with E-state index < -0.39 is 13.6 Å². The van der Waals surface area contributed by atoms with Gasteiger partial charge in [0.15, 0.2) is 11.1 Å². The number of ether oxygens (including phenoxy) is 1. The van der Waals surface area contributed by atoms with Crippen molar-refractivity contribution >= 4 is 19.0 Å². The van der Waals surface area contributed by atoms with Crippen molar-refractivity contribution in [3.05, 3.63) is 11.3 Å². The molecule has 0 fully saturated rings. The molecule has 0 bridgehead atoms. The zero-order valence-corrected chi connectivity index (χ0v) is 14.2. The van der Waals surface area contributed by atoms with E-state index >= 15 is 0 Å². The Morgan fingerprint density at radius 1 is 1.24 bits per heavy atom. The van der Waals surface area contributed by atoms with Crippen LogP contribution in [0.15, 0.2) is 0 Å². The summed E-state index contributed by atoms with van der Waals surface area (Å²) >= 11 is 0. The quantitative estimate of drug-likeness (QED) is 0.614. The first-order valence-electron chi connectivity index (χ1n) is 6.90. The van der Waals surface area contributed by atoms with E-state index in [-0.39, 0.29) is 29.9 Å². The van der Waals surface area contributed by atoms with E-state index in [0.717, 1.165) is 0 Å². The molecule has 0 aliphatic heterocycles. The lowest BCUT2D eigenvalue weighted by Crippen LogP contribution is -2.20. The van der Waals surface area contributed by atoms with Gasteiger partial charge < -0.3 is 13.8 Å². The van der Waals surface area contributed by atoms with Crippen molar-refractivity contribution in [3.8, 4) is 0 Å². The first-order valence-corrected chi connectivity index (χ1v) is 8.45. The minimum atomic E-state index is -3.59. The van der Waals surface area contributed by atoms with Gasteiger partial charge in [0.1, 0.15) is 0 Å². The fraction of sp³-hybridized carbons (Fsp3) is 0.692. The molecule has 120 valence electrons. The van der Waals surface area contributed by atoms with Gasteiger partial charge in [-0.2, -0.15) is 5.10 Å². The molecule has 0 saturated carbocycles. The molecular weight excluding hydrogens is 295 g/mol. The van der Waals surface area contributed by atoms with E-state index in [0.29, 0.717) is 5.56 Å². The van der Waals surface area contributed by atoms with Gasteiger partial charge in [-0.1, -0.05) is 0 Å². The number of rotatable bonds is 7. The van der Waals surface area contributed by atoms with Gasteiger partial charge in [-0.15, -0.1) is 0 Å². The van der Waals surface area contributed by atoms with Crippen LogP contribution in [0.1, 0.15) is 50.7 Å². The molecule has 0 radical (unpaired) electrons. The molecule has 0 amide bonds. The molecule has 1 rings (SSSR count). The van der Waals surface area contributed by atoms with Crippen LogP contribution in [0.5, 0.6) is 0 Å². The number of hydrogen-bond donors (Lipinski definition) is 1. The maximum atomic E-state index is 13.0. The van der Waals surface area contributed by atoms with Gasteiger partial charge in [-0.25, -0.2) is 4.79 Å². The van der Waals surface area contributed by atoms with Crippen LogP contribution >= 0.6 is 7.60 Å². The monoisotopic (exact) mass is 318 g/mol. The second kappa shape index (κ2) is 7.20.